The van der Waals surface area contributed by atoms with E-state index in [4.69, 9.17) is 11.6 Å². The van der Waals surface area contributed by atoms with Crippen LogP contribution in [0.5, 0.6) is 0 Å². The van der Waals surface area contributed by atoms with E-state index in [2.05, 4.69) is 4.74 Å². The maximum absolute atomic E-state index is 12.6. The molecule has 15 heavy (non-hydrogen) atoms. The molecular formula is C7H6ClF4NO2. The van der Waals surface area contributed by atoms with Gasteiger partial charge in [-0.05, 0) is 0 Å². The number of rotatable bonds is 2. The molecule has 3 nitrogen and oxygen atoms in total. The Balaban J connectivity index is 2.80. The van der Waals surface area contributed by atoms with Gasteiger partial charge in [0.2, 0.25) is 0 Å². The van der Waals surface area contributed by atoms with Crippen LogP contribution in [0.2, 0.25) is 0 Å². The van der Waals surface area contributed by atoms with Crippen molar-refractivity contribution in [1.82, 2.24) is 4.90 Å². The first-order valence-corrected chi connectivity index (χ1v) is 4.14. The molecule has 1 fully saturated rings. The molecule has 1 saturated heterocycles. The Kier molecular flexibility index (Phi) is 3.25. The predicted molar refractivity (Wildman–Crippen MR) is 42.6 cm³/mol. The number of aldehydes is 1. The van der Waals surface area contributed by atoms with Crippen molar-refractivity contribution in [3.63, 3.8) is 0 Å². The Labute approximate surface area is 87.2 Å². The molecule has 0 aliphatic carbocycles. The predicted octanol–water partition coefficient (Wildman–Crippen LogP) is 1.78. The number of hydrogen-bond acceptors (Lipinski definition) is 3. The number of ether oxygens (including phenoxy) is 1. The van der Waals surface area contributed by atoms with Crippen LogP contribution >= 0.6 is 11.6 Å². The minimum atomic E-state index is -3.97. The summed E-state index contributed by atoms with van der Waals surface area (Å²) in [6.45, 7) is -2.15. The van der Waals surface area contributed by atoms with E-state index in [-0.39, 0.29) is 6.29 Å². The maximum Gasteiger partial charge on any atom is 0.377 e. The molecule has 0 radical (unpaired) electrons. The summed E-state index contributed by atoms with van der Waals surface area (Å²) in [4.78, 5) is 10.6. The highest BCUT2D eigenvalue weighted by Crippen LogP contribution is 2.33. The van der Waals surface area contributed by atoms with Crippen molar-refractivity contribution in [3.05, 3.63) is 11.2 Å². The van der Waals surface area contributed by atoms with Crippen LogP contribution in [-0.4, -0.2) is 36.5 Å². The molecule has 0 unspecified atom stereocenters. The fourth-order valence-electron chi connectivity index (χ4n) is 1.11. The van der Waals surface area contributed by atoms with Gasteiger partial charge in [-0.15, -0.1) is 0 Å². The van der Waals surface area contributed by atoms with Gasteiger partial charge in [0.15, 0.2) is 6.29 Å². The van der Waals surface area contributed by atoms with Crippen LogP contribution in [0, 0.1) is 0 Å². The number of hydrogen-bond donors (Lipinski definition) is 0. The fraction of sp³-hybridized carbons (Fsp3) is 0.571. The van der Waals surface area contributed by atoms with Crippen molar-refractivity contribution >= 4 is 17.9 Å². The molecule has 8 heteroatoms. The molecular weight excluding hydrogens is 242 g/mol. The van der Waals surface area contributed by atoms with E-state index in [1.807, 2.05) is 0 Å². The van der Waals surface area contributed by atoms with E-state index in [1.54, 1.807) is 0 Å². The molecule has 0 aromatic rings. The molecule has 1 aliphatic heterocycles. The van der Waals surface area contributed by atoms with Crippen LogP contribution in [0.4, 0.5) is 17.6 Å². The first kappa shape index (κ1) is 12.3. The molecule has 1 heterocycles. The summed E-state index contributed by atoms with van der Waals surface area (Å²) in [5.41, 5.74) is 0. The summed E-state index contributed by atoms with van der Waals surface area (Å²) in [7, 11) is 0. The van der Waals surface area contributed by atoms with Gasteiger partial charge < -0.3 is 4.90 Å². The van der Waals surface area contributed by atoms with Crippen LogP contribution in [0.1, 0.15) is 0 Å². The van der Waals surface area contributed by atoms with E-state index < -0.39 is 30.3 Å². The van der Waals surface area contributed by atoms with Gasteiger partial charge in [-0.1, -0.05) is 11.6 Å². The summed E-state index contributed by atoms with van der Waals surface area (Å²) in [5.74, 6) is 0. The van der Waals surface area contributed by atoms with E-state index in [1.165, 1.54) is 0 Å². The zero-order valence-electron chi connectivity index (χ0n) is 7.22. The smallest absolute Gasteiger partial charge is 0.359 e. The van der Waals surface area contributed by atoms with Crippen molar-refractivity contribution < 1.29 is 27.1 Å². The van der Waals surface area contributed by atoms with Crippen LogP contribution < -0.4 is 0 Å². The number of halogens is 5. The van der Waals surface area contributed by atoms with Gasteiger partial charge in [0, 0.05) is 6.20 Å². The monoisotopic (exact) mass is 247 g/mol. The minimum Gasteiger partial charge on any atom is -0.359 e. The highest BCUT2D eigenvalue weighted by molar-refractivity contribution is 6.38. The van der Waals surface area contributed by atoms with Gasteiger partial charge in [0.1, 0.15) is 13.1 Å². The summed E-state index contributed by atoms with van der Waals surface area (Å²) >= 11 is 5.21. The molecule has 0 spiro atoms. The molecule has 0 atom stereocenters. The van der Waals surface area contributed by atoms with Gasteiger partial charge in [-0.25, -0.2) is 0 Å². The van der Waals surface area contributed by atoms with Gasteiger partial charge >= 0.3 is 12.2 Å². The first-order valence-electron chi connectivity index (χ1n) is 3.76. The number of allylic oxidation sites excluding steroid dienone is 1. The molecule has 0 amide bonds. The second-order valence-electron chi connectivity index (χ2n) is 2.91. The van der Waals surface area contributed by atoms with Crippen molar-refractivity contribution in [2.75, 3.05) is 13.1 Å². The average Bonchev–Trinajstić information content (AvgIpc) is 1.97. The standard InChI is InChI=1S/C7H6ClF4NO2/c8-5(2-14)1-13-3-6(9,10)15-7(11,12)4-13/h1-2H,3-4H2/b5-1+. The highest BCUT2D eigenvalue weighted by atomic mass is 35.5. The first-order chi connectivity index (χ1) is 6.74. The highest BCUT2D eigenvalue weighted by Gasteiger charge is 2.50. The van der Waals surface area contributed by atoms with Gasteiger partial charge in [-0.2, -0.15) is 17.6 Å². The number of carbonyl (C=O) groups excluding carboxylic acids is 1. The minimum absolute atomic E-state index is 0.160. The lowest BCUT2D eigenvalue weighted by Gasteiger charge is -2.36. The SMILES string of the molecule is O=C/C(Cl)=C\N1CC(F)(F)OC(F)(F)C1. The van der Waals surface area contributed by atoms with E-state index in [0.717, 1.165) is 6.20 Å². The van der Waals surface area contributed by atoms with E-state index in [9.17, 15) is 22.4 Å². The molecule has 0 aromatic carbocycles. The molecule has 0 aromatic heterocycles. The summed E-state index contributed by atoms with van der Waals surface area (Å²) in [6.07, 6.45) is -7.07. The molecule has 0 bridgehead atoms. The van der Waals surface area contributed by atoms with Gasteiger partial charge in [0.25, 0.3) is 0 Å². The summed E-state index contributed by atoms with van der Waals surface area (Å²) < 4.78 is 53.6. The zero-order chi connectivity index (χ0) is 11.7. The quantitative estimate of drug-likeness (QED) is 0.423. The number of morpholine rings is 1. The second-order valence-corrected chi connectivity index (χ2v) is 3.35. The third-order valence-electron chi connectivity index (χ3n) is 1.49. The van der Waals surface area contributed by atoms with Gasteiger partial charge in [0.05, 0.1) is 5.03 Å². The topological polar surface area (TPSA) is 29.5 Å². The van der Waals surface area contributed by atoms with Crippen LogP contribution in [0.3, 0.4) is 0 Å². The molecule has 0 N–H and O–H groups in total. The Morgan fingerprint density at radius 3 is 2.13 bits per heavy atom. The largest absolute Gasteiger partial charge is 0.377 e. The normalized spacial score (nSPS) is 25.1. The second kappa shape index (κ2) is 3.97. The number of nitrogens with zero attached hydrogens (tertiary/aromatic N) is 1. The fourth-order valence-corrected chi connectivity index (χ4v) is 1.25. The van der Waals surface area contributed by atoms with Crippen molar-refractivity contribution in [2.24, 2.45) is 0 Å². The third-order valence-corrected chi connectivity index (χ3v) is 1.68. The molecule has 1 aliphatic rings. The Morgan fingerprint density at radius 2 is 1.73 bits per heavy atom. The van der Waals surface area contributed by atoms with Crippen LogP contribution in [-0.2, 0) is 9.53 Å². The number of alkyl halides is 4. The third kappa shape index (κ3) is 3.67. The molecule has 1 rings (SSSR count). The lowest BCUT2D eigenvalue weighted by atomic mass is 10.4. The Hall–Kier alpha value is -0.820. The van der Waals surface area contributed by atoms with Gasteiger partial charge in [-0.3, -0.25) is 9.53 Å². The molecule has 0 saturated carbocycles. The van der Waals surface area contributed by atoms with E-state index in [0.29, 0.717) is 4.90 Å². The summed E-state index contributed by atoms with van der Waals surface area (Å²) in [6, 6.07) is 0. The van der Waals surface area contributed by atoms with E-state index >= 15 is 0 Å². The lowest BCUT2D eigenvalue weighted by Crippen LogP contribution is -2.52. The zero-order valence-corrected chi connectivity index (χ0v) is 7.98. The Bertz CT molecular complexity index is 279. The van der Waals surface area contributed by atoms with Crippen molar-refractivity contribution in [2.45, 2.75) is 12.2 Å². The van der Waals surface area contributed by atoms with Crippen LogP contribution in [0.15, 0.2) is 11.2 Å². The molecule has 86 valence electrons. The number of carbonyl (C=O) groups is 1. The average molecular weight is 248 g/mol. The Morgan fingerprint density at radius 1 is 1.27 bits per heavy atom. The maximum atomic E-state index is 12.6. The lowest BCUT2D eigenvalue weighted by molar-refractivity contribution is -0.401. The van der Waals surface area contributed by atoms with Crippen LogP contribution in [0.25, 0.3) is 0 Å². The van der Waals surface area contributed by atoms with Crippen molar-refractivity contribution in [1.29, 1.82) is 0 Å². The summed E-state index contributed by atoms with van der Waals surface area (Å²) in [5, 5.41) is -0.441. The van der Waals surface area contributed by atoms with Crippen molar-refractivity contribution in [3.8, 4) is 0 Å².